The predicted molar refractivity (Wildman–Crippen MR) is 109 cm³/mol. The van der Waals surface area contributed by atoms with E-state index in [-0.39, 0.29) is 18.9 Å². The van der Waals surface area contributed by atoms with Gasteiger partial charge in [-0.2, -0.15) is 0 Å². The van der Waals surface area contributed by atoms with E-state index in [0.717, 1.165) is 27.8 Å². The summed E-state index contributed by atoms with van der Waals surface area (Å²) >= 11 is 0. The maximum Gasteiger partial charge on any atom is 0.304 e. The molecule has 0 saturated heterocycles. The summed E-state index contributed by atoms with van der Waals surface area (Å²) in [7, 11) is 3.37. The van der Waals surface area contributed by atoms with Crippen LogP contribution in [-0.4, -0.2) is 51.4 Å². The molecule has 0 aliphatic heterocycles. The van der Waals surface area contributed by atoms with Crippen LogP contribution in [0, 0.1) is 6.92 Å². The number of hydrogen-bond donors (Lipinski definition) is 3. The van der Waals surface area contributed by atoms with Crippen LogP contribution in [-0.2, 0) is 18.4 Å². The monoisotopic (exact) mass is 398 g/mol. The van der Waals surface area contributed by atoms with Crippen molar-refractivity contribution in [2.24, 2.45) is 7.05 Å². The summed E-state index contributed by atoms with van der Waals surface area (Å²) in [6.45, 7) is 3.19. The van der Waals surface area contributed by atoms with E-state index in [1.165, 1.54) is 0 Å². The van der Waals surface area contributed by atoms with Gasteiger partial charge in [0.05, 0.1) is 20.1 Å². The number of carbonyl (C=O) groups is 1. The molecule has 0 bridgehead atoms. The van der Waals surface area contributed by atoms with Gasteiger partial charge in [-0.05, 0) is 41.3 Å². The normalized spacial score (nSPS) is 12.3. The van der Waals surface area contributed by atoms with Crippen molar-refractivity contribution in [2.45, 2.75) is 25.8 Å². The number of carboxylic acid groups (broad SMARTS) is 1. The van der Waals surface area contributed by atoms with E-state index >= 15 is 0 Å². The van der Waals surface area contributed by atoms with E-state index in [9.17, 15) is 9.90 Å². The molecule has 8 heteroatoms. The van der Waals surface area contributed by atoms with Crippen molar-refractivity contribution in [3.8, 4) is 5.75 Å². The molecule has 2 aromatic carbocycles. The molecule has 0 aliphatic rings. The maximum atomic E-state index is 11.6. The number of aliphatic hydroxyl groups is 1. The van der Waals surface area contributed by atoms with Gasteiger partial charge in [0.1, 0.15) is 16.8 Å². The van der Waals surface area contributed by atoms with Crippen molar-refractivity contribution in [3.63, 3.8) is 0 Å². The highest BCUT2D eigenvalue weighted by molar-refractivity contribution is 5.83. The SMILES string of the molecule is COc1cc(C(CC(=O)O)c2ccc(C)c(CNCCO)c2)cc2nnn(C)c12. The van der Waals surface area contributed by atoms with Gasteiger partial charge in [-0.3, -0.25) is 4.79 Å². The van der Waals surface area contributed by atoms with E-state index in [2.05, 4.69) is 15.6 Å². The topological polar surface area (TPSA) is 110 Å². The van der Waals surface area contributed by atoms with Crippen LogP contribution >= 0.6 is 0 Å². The summed E-state index contributed by atoms with van der Waals surface area (Å²) < 4.78 is 7.16. The molecule has 1 aromatic heterocycles. The van der Waals surface area contributed by atoms with E-state index in [0.29, 0.717) is 24.4 Å². The Bertz CT molecular complexity index is 1020. The van der Waals surface area contributed by atoms with Crippen LogP contribution in [0.4, 0.5) is 0 Å². The van der Waals surface area contributed by atoms with Gasteiger partial charge in [0.15, 0.2) is 0 Å². The fraction of sp³-hybridized carbons (Fsp3) is 0.381. The minimum Gasteiger partial charge on any atom is -0.494 e. The molecule has 154 valence electrons. The molecule has 0 amide bonds. The molecule has 0 aliphatic carbocycles. The summed E-state index contributed by atoms with van der Waals surface area (Å²) in [5.41, 5.74) is 5.32. The molecule has 3 N–H and O–H groups in total. The van der Waals surface area contributed by atoms with E-state index in [1.54, 1.807) is 18.8 Å². The molecule has 1 heterocycles. The van der Waals surface area contributed by atoms with Crippen molar-refractivity contribution in [1.29, 1.82) is 0 Å². The second kappa shape index (κ2) is 9.02. The molecule has 1 unspecified atom stereocenters. The lowest BCUT2D eigenvalue weighted by atomic mass is 9.86. The number of aromatic nitrogens is 3. The predicted octanol–water partition coefficient (Wildman–Crippen LogP) is 1.97. The molecule has 29 heavy (non-hydrogen) atoms. The number of nitrogens with zero attached hydrogens (tertiary/aromatic N) is 3. The number of aryl methyl sites for hydroxylation is 2. The largest absolute Gasteiger partial charge is 0.494 e. The maximum absolute atomic E-state index is 11.6. The third-order valence-corrected chi connectivity index (χ3v) is 5.07. The van der Waals surface area contributed by atoms with Crippen molar-refractivity contribution in [1.82, 2.24) is 20.3 Å². The number of fused-ring (bicyclic) bond motifs is 1. The van der Waals surface area contributed by atoms with Crippen LogP contribution in [0.2, 0.25) is 0 Å². The van der Waals surface area contributed by atoms with Crippen LogP contribution < -0.4 is 10.1 Å². The van der Waals surface area contributed by atoms with Crippen molar-refractivity contribution < 1.29 is 19.7 Å². The minimum absolute atomic E-state index is 0.0541. The zero-order valence-corrected chi connectivity index (χ0v) is 16.8. The number of ether oxygens (including phenoxy) is 1. The third-order valence-electron chi connectivity index (χ3n) is 5.07. The lowest BCUT2D eigenvalue weighted by Crippen LogP contribution is -2.18. The van der Waals surface area contributed by atoms with Gasteiger partial charge in [0, 0.05) is 26.1 Å². The first-order chi connectivity index (χ1) is 13.9. The van der Waals surface area contributed by atoms with Crippen LogP contribution in [0.3, 0.4) is 0 Å². The lowest BCUT2D eigenvalue weighted by Gasteiger charge is -2.19. The number of benzene rings is 2. The lowest BCUT2D eigenvalue weighted by molar-refractivity contribution is -0.137. The highest BCUT2D eigenvalue weighted by atomic mass is 16.5. The van der Waals surface area contributed by atoms with Gasteiger partial charge in [-0.1, -0.05) is 23.4 Å². The Balaban J connectivity index is 2.06. The number of carboxylic acids is 1. The van der Waals surface area contributed by atoms with Gasteiger partial charge in [-0.25, -0.2) is 4.68 Å². The Labute approximate surface area is 169 Å². The van der Waals surface area contributed by atoms with E-state index in [1.807, 2.05) is 37.3 Å². The van der Waals surface area contributed by atoms with Gasteiger partial charge in [0.2, 0.25) is 0 Å². The summed E-state index contributed by atoms with van der Waals surface area (Å²) in [6, 6.07) is 9.73. The average Bonchev–Trinajstić information content (AvgIpc) is 3.08. The summed E-state index contributed by atoms with van der Waals surface area (Å²) in [6.07, 6.45) is -0.0541. The van der Waals surface area contributed by atoms with Crippen LogP contribution in [0.15, 0.2) is 30.3 Å². The van der Waals surface area contributed by atoms with Gasteiger partial charge < -0.3 is 20.3 Å². The first-order valence-electron chi connectivity index (χ1n) is 9.44. The van der Waals surface area contributed by atoms with Crippen molar-refractivity contribution in [3.05, 3.63) is 52.6 Å². The number of rotatable bonds is 9. The minimum atomic E-state index is -0.881. The molecule has 0 spiro atoms. The number of methoxy groups -OCH3 is 1. The zero-order chi connectivity index (χ0) is 21.0. The Hall–Kier alpha value is -2.97. The molecule has 0 saturated carbocycles. The Morgan fingerprint density at radius 3 is 2.76 bits per heavy atom. The van der Waals surface area contributed by atoms with Gasteiger partial charge >= 0.3 is 5.97 Å². The van der Waals surface area contributed by atoms with Crippen LogP contribution in [0.25, 0.3) is 11.0 Å². The smallest absolute Gasteiger partial charge is 0.304 e. The van der Waals surface area contributed by atoms with Gasteiger partial charge in [0.25, 0.3) is 0 Å². The highest BCUT2D eigenvalue weighted by Crippen LogP contribution is 2.35. The number of aliphatic hydroxyl groups excluding tert-OH is 1. The molecule has 0 fully saturated rings. The average molecular weight is 398 g/mol. The van der Waals surface area contributed by atoms with Crippen LogP contribution in [0.1, 0.15) is 34.6 Å². The summed E-state index contributed by atoms with van der Waals surface area (Å²) in [4.78, 5) is 11.6. The van der Waals surface area contributed by atoms with Crippen molar-refractivity contribution >= 4 is 17.0 Å². The first kappa shape index (κ1) is 20.8. The second-order valence-electron chi connectivity index (χ2n) is 7.04. The molecular formula is C21H26N4O4. The molecule has 3 aromatic rings. The third kappa shape index (κ3) is 4.55. The molecule has 1 atom stereocenters. The Kier molecular flexibility index (Phi) is 6.46. The summed E-state index contributed by atoms with van der Waals surface area (Å²) in [5, 5.41) is 29.9. The first-order valence-corrected chi connectivity index (χ1v) is 9.44. The molecule has 8 nitrogen and oxygen atoms in total. The number of hydrogen-bond acceptors (Lipinski definition) is 6. The van der Waals surface area contributed by atoms with Crippen molar-refractivity contribution in [2.75, 3.05) is 20.3 Å². The standard InChI is InChI=1S/C21H26N4O4/c1-13-4-5-14(8-16(13)12-22-6-7-26)17(11-20(27)28)15-9-18-21(19(10-15)29-3)25(2)24-23-18/h4-5,8-10,17,22,26H,6-7,11-12H2,1-3H3,(H,27,28). The fourth-order valence-electron chi connectivity index (χ4n) is 3.54. The van der Waals surface area contributed by atoms with Crippen LogP contribution in [0.5, 0.6) is 5.75 Å². The molecule has 3 rings (SSSR count). The Morgan fingerprint density at radius 2 is 2.07 bits per heavy atom. The zero-order valence-electron chi connectivity index (χ0n) is 16.8. The molecule has 0 radical (unpaired) electrons. The van der Waals surface area contributed by atoms with E-state index < -0.39 is 5.97 Å². The highest BCUT2D eigenvalue weighted by Gasteiger charge is 2.22. The number of aliphatic carboxylic acids is 1. The molecular weight excluding hydrogens is 372 g/mol. The summed E-state index contributed by atoms with van der Waals surface area (Å²) in [5.74, 6) is -0.629. The van der Waals surface area contributed by atoms with E-state index in [4.69, 9.17) is 9.84 Å². The van der Waals surface area contributed by atoms with Gasteiger partial charge in [-0.15, -0.1) is 5.10 Å². The quantitative estimate of drug-likeness (QED) is 0.473. The number of nitrogens with one attached hydrogen (secondary N) is 1. The Morgan fingerprint density at radius 1 is 1.28 bits per heavy atom. The fourth-order valence-corrected chi connectivity index (χ4v) is 3.54. The second-order valence-corrected chi connectivity index (χ2v) is 7.04.